The zero-order valence-electron chi connectivity index (χ0n) is 10.4. The second-order valence-corrected chi connectivity index (χ2v) is 5.40. The number of nitrogens with zero attached hydrogens (tertiary/aromatic N) is 2. The third kappa shape index (κ3) is 2.85. The maximum Gasteiger partial charge on any atom is 0.129 e. The van der Waals surface area contributed by atoms with E-state index >= 15 is 0 Å². The number of anilines is 1. The molecule has 1 saturated carbocycles. The molecule has 1 aromatic heterocycles. The second-order valence-electron chi connectivity index (χ2n) is 5.00. The summed E-state index contributed by atoms with van der Waals surface area (Å²) < 4.78 is 0. The first-order chi connectivity index (χ1) is 8.83. The highest BCUT2D eigenvalue weighted by molar-refractivity contribution is 6.31. The Morgan fingerprint density at radius 3 is 3.00 bits per heavy atom. The van der Waals surface area contributed by atoms with E-state index in [4.69, 9.17) is 11.6 Å². The zero-order valence-corrected chi connectivity index (χ0v) is 11.2. The summed E-state index contributed by atoms with van der Waals surface area (Å²) in [4.78, 5) is 6.73. The van der Waals surface area contributed by atoms with Crippen molar-refractivity contribution in [3.63, 3.8) is 0 Å². The molecule has 0 bridgehead atoms. The highest BCUT2D eigenvalue weighted by Gasteiger charge is 2.20. The summed E-state index contributed by atoms with van der Waals surface area (Å²) in [5.74, 6) is 1.04. The van der Waals surface area contributed by atoms with Gasteiger partial charge in [0.15, 0.2) is 0 Å². The maximum atomic E-state index is 6.20. The molecule has 1 fully saturated rings. The van der Waals surface area contributed by atoms with Gasteiger partial charge in [0.05, 0.1) is 5.02 Å². The number of hydrogen-bond donors (Lipinski definition) is 1. The molecule has 3 rings (SSSR count). The first kappa shape index (κ1) is 12.0. The summed E-state index contributed by atoms with van der Waals surface area (Å²) in [6.45, 7) is 2.84. The lowest BCUT2D eigenvalue weighted by molar-refractivity contribution is 0.686. The Bertz CT molecular complexity index is 454. The van der Waals surface area contributed by atoms with Gasteiger partial charge < -0.3 is 10.2 Å². The Labute approximate surface area is 113 Å². The Morgan fingerprint density at radius 1 is 1.39 bits per heavy atom. The van der Waals surface area contributed by atoms with Gasteiger partial charge in [-0.15, -0.1) is 0 Å². The van der Waals surface area contributed by atoms with Crippen LogP contribution in [0, 0.1) is 0 Å². The van der Waals surface area contributed by atoms with Crippen LogP contribution in [0.25, 0.3) is 0 Å². The summed E-state index contributed by atoms with van der Waals surface area (Å²) in [5.41, 5.74) is 1.16. The molecule has 1 N–H and O–H groups in total. The minimum atomic E-state index is 0.704. The maximum absolute atomic E-state index is 6.20. The highest BCUT2D eigenvalue weighted by atomic mass is 35.5. The average molecular weight is 264 g/mol. The van der Waals surface area contributed by atoms with Gasteiger partial charge in [0.1, 0.15) is 5.82 Å². The molecule has 1 aromatic rings. The lowest BCUT2D eigenvalue weighted by Crippen LogP contribution is -2.28. The number of aromatic nitrogens is 1. The Kier molecular flexibility index (Phi) is 3.52. The number of pyridine rings is 1. The van der Waals surface area contributed by atoms with Crippen molar-refractivity contribution in [2.24, 2.45) is 0 Å². The number of halogens is 1. The number of nitrogens with one attached hydrogen (secondary N) is 1. The SMILES string of the molecule is Clc1cnc(N2CC=CCC2)cc1CNC1CC1. The molecule has 2 aliphatic rings. The molecule has 0 radical (unpaired) electrons. The summed E-state index contributed by atoms with van der Waals surface area (Å²) >= 11 is 6.20. The van der Waals surface area contributed by atoms with Gasteiger partial charge in [-0.2, -0.15) is 0 Å². The van der Waals surface area contributed by atoms with Crippen LogP contribution in [0.4, 0.5) is 5.82 Å². The molecule has 0 atom stereocenters. The van der Waals surface area contributed by atoms with Crippen LogP contribution in [-0.4, -0.2) is 24.1 Å². The Hall–Kier alpha value is -1.06. The van der Waals surface area contributed by atoms with Gasteiger partial charge >= 0.3 is 0 Å². The van der Waals surface area contributed by atoms with Gasteiger partial charge in [0.2, 0.25) is 0 Å². The van der Waals surface area contributed by atoms with E-state index in [9.17, 15) is 0 Å². The normalized spacial score (nSPS) is 19.3. The van der Waals surface area contributed by atoms with Crippen molar-refractivity contribution in [3.8, 4) is 0 Å². The Balaban J connectivity index is 1.73. The van der Waals surface area contributed by atoms with Crippen molar-refractivity contribution in [3.05, 3.63) is 35.0 Å². The monoisotopic (exact) mass is 263 g/mol. The average Bonchev–Trinajstić information content (AvgIpc) is 3.23. The minimum Gasteiger partial charge on any atom is -0.353 e. The molecule has 0 unspecified atom stereocenters. The van der Waals surface area contributed by atoms with Gasteiger partial charge in [-0.05, 0) is 30.9 Å². The Morgan fingerprint density at radius 2 is 2.28 bits per heavy atom. The molecule has 1 aliphatic heterocycles. The van der Waals surface area contributed by atoms with Crippen molar-refractivity contribution in [2.75, 3.05) is 18.0 Å². The summed E-state index contributed by atoms with van der Waals surface area (Å²) in [7, 11) is 0. The molecule has 4 heteroatoms. The standard InChI is InChI=1S/C14H18ClN3/c15-13-10-17-14(18-6-2-1-3-7-18)8-11(13)9-16-12-4-5-12/h1-2,8,10,12,16H,3-7,9H2. The van der Waals surface area contributed by atoms with Crippen LogP contribution in [0.1, 0.15) is 24.8 Å². The highest BCUT2D eigenvalue weighted by Crippen LogP contribution is 2.24. The number of hydrogen-bond acceptors (Lipinski definition) is 3. The molecule has 0 spiro atoms. The van der Waals surface area contributed by atoms with E-state index in [1.54, 1.807) is 6.20 Å². The van der Waals surface area contributed by atoms with Crippen molar-refractivity contribution < 1.29 is 0 Å². The van der Waals surface area contributed by atoms with Crippen molar-refractivity contribution >= 4 is 17.4 Å². The third-order valence-electron chi connectivity index (χ3n) is 3.46. The molecule has 0 amide bonds. The largest absolute Gasteiger partial charge is 0.353 e. The zero-order chi connectivity index (χ0) is 12.4. The van der Waals surface area contributed by atoms with Crippen LogP contribution in [0.15, 0.2) is 24.4 Å². The van der Waals surface area contributed by atoms with Crippen molar-refractivity contribution in [1.29, 1.82) is 0 Å². The van der Waals surface area contributed by atoms with Gasteiger partial charge in [0.25, 0.3) is 0 Å². The van der Waals surface area contributed by atoms with E-state index in [-0.39, 0.29) is 0 Å². The molecule has 0 aromatic carbocycles. The van der Waals surface area contributed by atoms with E-state index in [2.05, 4.69) is 33.4 Å². The molecule has 3 nitrogen and oxygen atoms in total. The molecule has 1 aliphatic carbocycles. The lowest BCUT2D eigenvalue weighted by Gasteiger charge is -2.25. The minimum absolute atomic E-state index is 0.704. The topological polar surface area (TPSA) is 28.2 Å². The molecule has 96 valence electrons. The van der Waals surface area contributed by atoms with Crippen LogP contribution >= 0.6 is 11.6 Å². The summed E-state index contributed by atoms with van der Waals surface area (Å²) in [5, 5.41) is 4.26. The predicted molar refractivity (Wildman–Crippen MR) is 75.1 cm³/mol. The summed E-state index contributed by atoms with van der Waals surface area (Å²) in [6.07, 6.45) is 9.89. The van der Waals surface area contributed by atoms with E-state index in [1.165, 1.54) is 12.8 Å². The molecule has 2 heterocycles. The van der Waals surface area contributed by atoms with Gasteiger partial charge in [-0.25, -0.2) is 4.98 Å². The first-order valence-corrected chi connectivity index (χ1v) is 6.98. The fourth-order valence-electron chi connectivity index (χ4n) is 2.17. The van der Waals surface area contributed by atoms with Gasteiger partial charge in [0, 0.05) is 31.9 Å². The molecule has 18 heavy (non-hydrogen) atoms. The van der Waals surface area contributed by atoms with Crippen LogP contribution in [0.2, 0.25) is 5.02 Å². The van der Waals surface area contributed by atoms with Crippen LogP contribution in [0.3, 0.4) is 0 Å². The third-order valence-corrected chi connectivity index (χ3v) is 3.80. The smallest absolute Gasteiger partial charge is 0.129 e. The molecular weight excluding hydrogens is 246 g/mol. The van der Waals surface area contributed by atoms with Crippen LogP contribution in [0.5, 0.6) is 0 Å². The van der Waals surface area contributed by atoms with Gasteiger partial charge in [-0.1, -0.05) is 23.8 Å². The molecule has 0 saturated heterocycles. The van der Waals surface area contributed by atoms with E-state index < -0.39 is 0 Å². The van der Waals surface area contributed by atoms with Crippen molar-refractivity contribution in [1.82, 2.24) is 10.3 Å². The van der Waals surface area contributed by atoms with E-state index in [1.807, 2.05) is 0 Å². The fraction of sp³-hybridized carbons (Fsp3) is 0.500. The fourth-order valence-corrected chi connectivity index (χ4v) is 2.34. The van der Waals surface area contributed by atoms with E-state index in [0.717, 1.165) is 42.5 Å². The quantitative estimate of drug-likeness (QED) is 0.847. The summed E-state index contributed by atoms with van der Waals surface area (Å²) in [6, 6.07) is 2.83. The first-order valence-electron chi connectivity index (χ1n) is 6.60. The van der Waals surface area contributed by atoms with Crippen molar-refractivity contribution in [2.45, 2.75) is 31.8 Å². The number of rotatable bonds is 4. The van der Waals surface area contributed by atoms with Gasteiger partial charge in [-0.3, -0.25) is 0 Å². The van der Waals surface area contributed by atoms with Crippen LogP contribution in [-0.2, 0) is 6.54 Å². The predicted octanol–water partition coefficient (Wildman–Crippen LogP) is 2.75. The van der Waals surface area contributed by atoms with E-state index in [0.29, 0.717) is 6.04 Å². The van der Waals surface area contributed by atoms with Crippen LogP contribution < -0.4 is 10.2 Å². The molecular formula is C14H18ClN3. The second kappa shape index (κ2) is 5.29. The lowest BCUT2D eigenvalue weighted by atomic mass is 10.2.